The van der Waals surface area contributed by atoms with Gasteiger partial charge in [0.25, 0.3) is 11.5 Å². The molecule has 0 radical (unpaired) electrons. The monoisotopic (exact) mass is 443 g/mol. The second-order valence-corrected chi connectivity index (χ2v) is 7.97. The third-order valence-corrected chi connectivity index (χ3v) is 5.94. The van der Waals surface area contributed by atoms with Crippen LogP contribution in [-0.4, -0.2) is 51.5 Å². The summed E-state index contributed by atoms with van der Waals surface area (Å²) < 4.78 is 15.0. The van der Waals surface area contributed by atoms with Crippen LogP contribution in [0.5, 0.6) is 0 Å². The standard InChI is InChI=1S/C25H22FN5O2/c26-19-7-5-18(6-8-19)17-31-22-4-2-1-3-20(22)23(15-24(31)32)29-11-13-30(14-12-29)25(33)21-16-27-9-10-28-21/h1-10,15-16H,11-14,17H2. The maximum absolute atomic E-state index is 13.3. The molecule has 1 aliphatic rings. The Morgan fingerprint density at radius 1 is 0.970 bits per heavy atom. The van der Waals surface area contributed by atoms with Crippen LogP contribution >= 0.6 is 0 Å². The minimum atomic E-state index is -0.303. The summed E-state index contributed by atoms with van der Waals surface area (Å²) in [5.41, 5.74) is 2.75. The number of rotatable bonds is 4. The zero-order valence-electron chi connectivity index (χ0n) is 17.9. The van der Waals surface area contributed by atoms with E-state index in [0.29, 0.717) is 38.4 Å². The number of benzene rings is 2. The van der Waals surface area contributed by atoms with Crippen LogP contribution in [0.2, 0.25) is 0 Å². The average molecular weight is 443 g/mol. The number of halogens is 1. The molecule has 1 fully saturated rings. The Morgan fingerprint density at radius 3 is 2.45 bits per heavy atom. The number of fused-ring (bicyclic) bond motifs is 1. The van der Waals surface area contributed by atoms with Crippen molar-refractivity contribution in [3.8, 4) is 0 Å². The van der Waals surface area contributed by atoms with E-state index in [1.54, 1.807) is 27.7 Å². The third-order valence-electron chi connectivity index (χ3n) is 5.94. The number of carbonyl (C=O) groups excluding carboxylic acids is 1. The lowest BCUT2D eigenvalue weighted by Gasteiger charge is -2.36. The molecule has 2 aromatic heterocycles. The van der Waals surface area contributed by atoms with Crippen molar-refractivity contribution in [2.24, 2.45) is 0 Å². The van der Waals surface area contributed by atoms with Crippen LogP contribution in [0.4, 0.5) is 10.1 Å². The van der Waals surface area contributed by atoms with E-state index < -0.39 is 0 Å². The second-order valence-electron chi connectivity index (χ2n) is 7.97. The Hall–Kier alpha value is -4.07. The molecule has 0 atom stereocenters. The number of hydrogen-bond acceptors (Lipinski definition) is 5. The summed E-state index contributed by atoms with van der Waals surface area (Å²) in [7, 11) is 0. The highest BCUT2D eigenvalue weighted by Crippen LogP contribution is 2.27. The van der Waals surface area contributed by atoms with E-state index >= 15 is 0 Å². The molecule has 4 aromatic rings. The highest BCUT2D eigenvalue weighted by atomic mass is 19.1. The molecule has 3 heterocycles. The fraction of sp³-hybridized carbons (Fsp3) is 0.200. The van der Waals surface area contributed by atoms with Crippen molar-refractivity contribution < 1.29 is 9.18 Å². The molecule has 33 heavy (non-hydrogen) atoms. The predicted octanol–water partition coefficient (Wildman–Crippen LogP) is 2.94. The fourth-order valence-electron chi connectivity index (χ4n) is 4.24. The van der Waals surface area contributed by atoms with Gasteiger partial charge in [0.2, 0.25) is 0 Å². The van der Waals surface area contributed by atoms with Gasteiger partial charge in [0, 0.05) is 50.0 Å². The van der Waals surface area contributed by atoms with E-state index in [-0.39, 0.29) is 17.3 Å². The molecular weight excluding hydrogens is 421 g/mol. The first kappa shape index (κ1) is 20.8. The Morgan fingerprint density at radius 2 is 1.73 bits per heavy atom. The SMILES string of the molecule is O=C(c1cnccn1)N1CCN(c2cc(=O)n(Cc3ccc(F)cc3)c3ccccc23)CC1. The van der Waals surface area contributed by atoms with Crippen LogP contribution in [0.15, 0.2) is 78.0 Å². The number of anilines is 1. The lowest BCUT2D eigenvalue weighted by atomic mass is 10.1. The Kier molecular flexibility index (Phi) is 5.56. The number of nitrogens with zero attached hydrogens (tertiary/aromatic N) is 5. The van der Waals surface area contributed by atoms with Crippen LogP contribution in [0.25, 0.3) is 10.9 Å². The van der Waals surface area contributed by atoms with Gasteiger partial charge in [0.1, 0.15) is 11.5 Å². The largest absolute Gasteiger partial charge is 0.367 e. The Balaban J connectivity index is 1.41. The first-order valence-corrected chi connectivity index (χ1v) is 10.8. The first-order valence-electron chi connectivity index (χ1n) is 10.8. The number of carbonyl (C=O) groups is 1. The van der Waals surface area contributed by atoms with E-state index in [0.717, 1.165) is 22.2 Å². The number of hydrogen-bond donors (Lipinski definition) is 0. The quantitative estimate of drug-likeness (QED) is 0.485. The average Bonchev–Trinajstić information content (AvgIpc) is 2.87. The van der Waals surface area contributed by atoms with Crippen molar-refractivity contribution in [1.82, 2.24) is 19.4 Å². The van der Waals surface area contributed by atoms with E-state index in [2.05, 4.69) is 14.9 Å². The zero-order chi connectivity index (χ0) is 22.8. The molecule has 2 aromatic carbocycles. The van der Waals surface area contributed by atoms with Gasteiger partial charge in [-0.2, -0.15) is 0 Å². The molecule has 0 aliphatic carbocycles. The fourth-order valence-corrected chi connectivity index (χ4v) is 4.24. The molecule has 8 heteroatoms. The molecule has 0 unspecified atom stereocenters. The first-order chi connectivity index (χ1) is 16.1. The van der Waals surface area contributed by atoms with Crippen LogP contribution in [0.3, 0.4) is 0 Å². The van der Waals surface area contributed by atoms with Crippen LogP contribution in [0.1, 0.15) is 16.1 Å². The summed E-state index contributed by atoms with van der Waals surface area (Å²) in [6.45, 7) is 2.64. The van der Waals surface area contributed by atoms with E-state index in [9.17, 15) is 14.0 Å². The van der Waals surface area contributed by atoms with Gasteiger partial charge in [-0.15, -0.1) is 0 Å². The minimum Gasteiger partial charge on any atom is -0.367 e. The van der Waals surface area contributed by atoms with Crippen molar-refractivity contribution in [3.63, 3.8) is 0 Å². The molecule has 0 saturated carbocycles. The smallest absolute Gasteiger partial charge is 0.274 e. The predicted molar refractivity (Wildman–Crippen MR) is 124 cm³/mol. The van der Waals surface area contributed by atoms with Crippen molar-refractivity contribution in [1.29, 1.82) is 0 Å². The van der Waals surface area contributed by atoms with Gasteiger partial charge >= 0.3 is 0 Å². The van der Waals surface area contributed by atoms with Gasteiger partial charge in [-0.3, -0.25) is 14.6 Å². The number of piperazine rings is 1. The van der Waals surface area contributed by atoms with Crippen LogP contribution < -0.4 is 10.5 Å². The number of aromatic nitrogens is 3. The van der Waals surface area contributed by atoms with Gasteiger partial charge in [-0.1, -0.05) is 30.3 Å². The summed E-state index contributed by atoms with van der Waals surface area (Å²) in [6, 6.07) is 15.6. The van der Waals surface area contributed by atoms with Crippen molar-refractivity contribution in [2.45, 2.75) is 6.54 Å². The molecule has 7 nitrogen and oxygen atoms in total. The topological polar surface area (TPSA) is 71.3 Å². The van der Waals surface area contributed by atoms with Gasteiger partial charge < -0.3 is 14.4 Å². The molecule has 1 saturated heterocycles. The van der Waals surface area contributed by atoms with Crippen molar-refractivity contribution in [2.75, 3.05) is 31.1 Å². The number of para-hydroxylation sites is 1. The van der Waals surface area contributed by atoms with Gasteiger partial charge in [0.05, 0.1) is 23.9 Å². The second kappa shape index (κ2) is 8.82. The normalized spacial score (nSPS) is 14.0. The highest BCUT2D eigenvalue weighted by molar-refractivity contribution is 5.93. The summed E-state index contributed by atoms with van der Waals surface area (Å²) in [4.78, 5) is 37.8. The van der Waals surface area contributed by atoms with Gasteiger partial charge in [0.15, 0.2) is 0 Å². The molecule has 0 spiro atoms. The van der Waals surface area contributed by atoms with Gasteiger partial charge in [-0.05, 0) is 23.8 Å². The number of amides is 1. The van der Waals surface area contributed by atoms with E-state index in [4.69, 9.17) is 0 Å². The summed E-state index contributed by atoms with van der Waals surface area (Å²) >= 11 is 0. The maximum atomic E-state index is 13.3. The molecule has 1 aliphatic heterocycles. The van der Waals surface area contributed by atoms with Crippen LogP contribution in [0, 0.1) is 5.82 Å². The van der Waals surface area contributed by atoms with Crippen molar-refractivity contribution >= 4 is 22.5 Å². The van der Waals surface area contributed by atoms with Gasteiger partial charge in [-0.25, -0.2) is 9.37 Å². The molecule has 0 bridgehead atoms. The summed E-state index contributed by atoms with van der Waals surface area (Å²) in [6.07, 6.45) is 4.53. The lowest BCUT2D eigenvalue weighted by molar-refractivity contribution is 0.0740. The number of pyridine rings is 1. The summed E-state index contributed by atoms with van der Waals surface area (Å²) in [5.74, 6) is -0.439. The zero-order valence-corrected chi connectivity index (χ0v) is 17.9. The van der Waals surface area contributed by atoms with Crippen molar-refractivity contribution in [3.05, 3.63) is 101 Å². The van der Waals surface area contributed by atoms with E-state index in [1.165, 1.54) is 30.7 Å². The molecule has 0 N–H and O–H groups in total. The summed E-state index contributed by atoms with van der Waals surface area (Å²) in [5, 5.41) is 0.966. The Bertz CT molecular complexity index is 1350. The highest BCUT2D eigenvalue weighted by Gasteiger charge is 2.24. The molecule has 166 valence electrons. The maximum Gasteiger partial charge on any atom is 0.274 e. The van der Waals surface area contributed by atoms with Crippen LogP contribution in [-0.2, 0) is 6.54 Å². The van der Waals surface area contributed by atoms with E-state index in [1.807, 2.05) is 24.3 Å². The Labute approximate surface area is 189 Å². The lowest BCUT2D eigenvalue weighted by Crippen LogP contribution is -2.49. The minimum absolute atomic E-state index is 0.119. The third kappa shape index (κ3) is 4.19. The molecular formula is C25H22FN5O2. The molecule has 1 amide bonds. The molecule has 5 rings (SSSR count).